The van der Waals surface area contributed by atoms with Gasteiger partial charge in [-0.25, -0.2) is 9.37 Å². The largest absolute Gasteiger partial charge is 0.394 e. The number of hydrogen-bond acceptors (Lipinski definition) is 5. The van der Waals surface area contributed by atoms with Gasteiger partial charge in [-0.15, -0.1) is 0 Å². The predicted octanol–water partition coefficient (Wildman–Crippen LogP) is 3.03. The van der Waals surface area contributed by atoms with E-state index in [1.165, 1.54) is 6.07 Å². The minimum Gasteiger partial charge on any atom is -0.394 e. The Balaban J connectivity index is 1.87. The van der Waals surface area contributed by atoms with Gasteiger partial charge in [0.1, 0.15) is 11.6 Å². The van der Waals surface area contributed by atoms with Crippen LogP contribution in [0.1, 0.15) is 31.4 Å². The quantitative estimate of drug-likeness (QED) is 0.765. The summed E-state index contributed by atoms with van der Waals surface area (Å²) in [6.07, 6.45) is 2.23. The molecule has 1 aliphatic carbocycles. The Morgan fingerprint density at radius 3 is 2.77 bits per heavy atom. The number of anilines is 3. The normalized spacial score (nSPS) is 15.4. The highest BCUT2D eigenvalue weighted by Gasteiger charge is 2.26. The summed E-state index contributed by atoms with van der Waals surface area (Å²) in [6.45, 7) is 1.84. The Kier molecular flexibility index (Phi) is 4.20. The topological polar surface area (TPSA) is 70.1 Å². The highest BCUT2D eigenvalue weighted by Crippen LogP contribution is 2.40. The van der Waals surface area contributed by atoms with Crippen LogP contribution in [0.15, 0.2) is 30.3 Å². The monoisotopic (exact) mass is 302 g/mol. The molecule has 5 nitrogen and oxygen atoms in total. The molecule has 0 spiro atoms. The predicted molar refractivity (Wildman–Crippen MR) is 83.9 cm³/mol. The van der Waals surface area contributed by atoms with Crippen molar-refractivity contribution in [3.63, 3.8) is 0 Å². The molecule has 3 N–H and O–H groups in total. The molecule has 1 atom stereocenters. The summed E-state index contributed by atoms with van der Waals surface area (Å²) in [5, 5.41) is 15.2. The first-order valence-electron chi connectivity index (χ1n) is 7.43. The number of rotatable bonds is 6. The third kappa shape index (κ3) is 3.51. The van der Waals surface area contributed by atoms with E-state index in [0.29, 0.717) is 23.4 Å². The molecule has 0 unspecified atom stereocenters. The highest BCUT2D eigenvalue weighted by molar-refractivity contribution is 5.58. The van der Waals surface area contributed by atoms with Crippen LogP contribution in [0.3, 0.4) is 0 Å². The van der Waals surface area contributed by atoms with Crippen molar-refractivity contribution in [3.05, 3.63) is 41.8 Å². The van der Waals surface area contributed by atoms with E-state index in [0.717, 1.165) is 18.5 Å². The number of aliphatic hydroxyl groups is 1. The standard InChI is InChI=1S/C16H19FN4O/c1-10(9-22)18-16-20-14(11-6-7-11)8-15(21-16)19-13-5-3-2-4-12(13)17/h2-5,8,10-11,22H,6-7,9H2,1H3,(H2,18,19,20,21)/t10-/m1/s1. The Labute approximate surface area is 128 Å². The lowest BCUT2D eigenvalue weighted by atomic mass is 10.2. The summed E-state index contributed by atoms with van der Waals surface area (Å²) in [4.78, 5) is 8.84. The number of para-hydroxylation sites is 1. The molecular weight excluding hydrogens is 283 g/mol. The number of aromatic nitrogens is 2. The summed E-state index contributed by atoms with van der Waals surface area (Å²) in [5.74, 6) is 1.13. The zero-order valence-electron chi connectivity index (χ0n) is 12.4. The van der Waals surface area contributed by atoms with E-state index in [9.17, 15) is 4.39 Å². The smallest absolute Gasteiger partial charge is 0.225 e. The average Bonchev–Trinajstić information content (AvgIpc) is 3.34. The summed E-state index contributed by atoms with van der Waals surface area (Å²) >= 11 is 0. The summed E-state index contributed by atoms with van der Waals surface area (Å²) in [6, 6.07) is 8.19. The van der Waals surface area contributed by atoms with Gasteiger partial charge in [-0.3, -0.25) is 0 Å². The minimum atomic E-state index is -0.327. The van der Waals surface area contributed by atoms with Crippen LogP contribution < -0.4 is 10.6 Å². The molecule has 0 aliphatic heterocycles. The molecule has 1 fully saturated rings. The lowest BCUT2D eigenvalue weighted by Gasteiger charge is -2.14. The van der Waals surface area contributed by atoms with Crippen molar-refractivity contribution in [2.24, 2.45) is 0 Å². The van der Waals surface area contributed by atoms with Crippen molar-refractivity contribution in [3.8, 4) is 0 Å². The average molecular weight is 302 g/mol. The Hall–Kier alpha value is -2.21. The van der Waals surface area contributed by atoms with Crippen molar-refractivity contribution in [2.75, 3.05) is 17.2 Å². The van der Waals surface area contributed by atoms with Gasteiger partial charge < -0.3 is 15.7 Å². The summed E-state index contributed by atoms with van der Waals surface area (Å²) in [7, 11) is 0. The van der Waals surface area contributed by atoms with Gasteiger partial charge in [-0.2, -0.15) is 4.98 Å². The van der Waals surface area contributed by atoms with Gasteiger partial charge in [-0.1, -0.05) is 12.1 Å². The van der Waals surface area contributed by atoms with Gasteiger partial charge in [0.05, 0.1) is 18.0 Å². The van der Waals surface area contributed by atoms with Crippen molar-refractivity contribution in [2.45, 2.75) is 31.7 Å². The maximum Gasteiger partial charge on any atom is 0.225 e. The van der Waals surface area contributed by atoms with Crippen LogP contribution in [0.5, 0.6) is 0 Å². The molecule has 1 saturated carbocycles. The van der Waals surface area contributed by atoms with E-state index in [1.54, 1.807) is 18.2 Å². The second kappa shape index (κ2) is 6.27. The van der Waals surface area contributed by atoms with Crippen LogP contribution in [-0.4, -0.2) is 27.7 Å². The van der Waals surface area contributed by atoms with Crippen LogP contribution in [0.25, 0.3) is 0 Å². The second-order valence-corrected chi connectivity index (χ2v) is 5.61. The highest BCUT2D eigenvalue weighted by atomic mass is 19.1. The molecule has 0 bridgehead atoms. The molecule has 22 heavy (non-hydrogen) atoms. The number of benzene rings is 1. The van der Waals surface area contributed by atoms with Gasteiger partial charge in [0.2, 0.25) is 5.95 Å². The lowest BCUT2D eigenvalue weighted by molar-refractivity contribution is 0.281. The molecule has 1 heterocycles. The van der Waals surface area contributed by atoms with Crippen LogP contribution >= 0.6 is 0 Å². The fourth-order valence-corrected chi connectivity index (χ4v) is 2.15. The first kappa shape index (κ1) is 14.7. The van der Waals surface area contributed by atoms with Crippen LogP contribution in [0.4, 0.5) is 21.8 Å². The molecule has 0 amide bonds. The Morgan fingerprint density at radius 2 is 2.09 bits per heavy atom. The van der Waals surface area contributed by atoms with Gasteiger partial charge >= 0.3 is 0 Å². The molecule has 1 aromatic carbocycles. The van der Waals surface area contributed by atoms with Gasteiger partial charge in [-0.05, 0) is 31.9 Å². The molecule has 0 saturated heterocycles. The molecule has 3 rings (SSSR count). The second-order valence-electron chi connectivity index (χ2n) is 5.61. The molecule has 2 aromatic rings. The molecule has 6 heteroatoms. The number of aliphatic hydroxyl groups excluding tert-OH is 1. The Bertz CT molecular complexity index is 660. The van der Waals surface area contributed by atoms with Crippen LogP contribution in [-0.2, 0) is 0 Å². The van der Waals surface area contributed by atoms with E-state index in [2.05, 4.69) is 20.6 Å². The molecular formula is C16H19FN4O. The number of nitrogens with zero attached hydrogens (tertiary/aromatic N) is 2. The summed E-state index contributed by atoms with van der Waals surface area (Å²) < 4.78 is 13.8. The number of nitrogens with one attached hydrogen (secondary N) is 2. The van der Waals surface area contributed by atoms with E-state index in [1.807, 2.05) is 13.0 Å². The van der Waals surface area contributed by atoms with Gasteiger partial charge in [0, 0.05) is 18.0 Å². The molecule has 116 valence electrons. The zero-order chi connectivity index (χ0) is 15.5. The first-order chi connectivity index (χ1) is 10.7. The van der Waals surface area contributed by atoms with Crippen molar-refractivity contribution >= 4 is 17.5 Å². The summed E-state index contributed by atoms with van der Waals surface area (Å²) in [5.41, 5.74) is 1.32. The number of halogens is 1. The fourth-order valence-electron chi connectivity index (χ4n) is 2.15. The van der Waals surface area contributed by atoms with E-state index < -0.39 is 0 Å². The van der Waals surface area contributed by atoms with Crippen molar-refractivity contribution in [1.82, 2.24) is 9.97 Å². The maximum absolute atomic E-state index is 13.8. The van der Waals surface area contributed by atoms with E-state index >= 15 is 0 Å². The van der Waals surface area contributed by atoms with Crippen LogP contribution in [0, 0.1) is 5.82 Å². The fraction of sp³-hybridized carbons (Fsp3) is 0.375. The van der Waals surface area contributed by atoms with Crippen molar-refractivity contribution < 1.29 is 9.50 Å². The third-order valence-corrected chi connectivity index (χ3v) is 3.53. The van der Waals surface area contributed by atoms with Crippen molar-refractivity contribution in [1.29, 1.82) is 0 Å². The van der Waals surface area contributed by atoms with Gasteiger partial charge in [0.25, 0.3) is 0 Å². The lowest BCUT2D eigenvalue weighted by Crippen LogP contribution is -2.21. The van der Waals surface area contributed by atoms with Crippen LogP contribution in [0.2, 0.25) is 0 Å². The van der Waals surface area contributed by atoms with Gasteiger partial charge in [0.15, 0.2) is 0 Å². The number of hydrogen-bond donors (Lipinski definition) is 3. The van der Waals surface area contributed by atoms with E-state index in [4.69, 9.17) is 5.11 Å². The minimum absolute atomic E-state index is 0.00685. The molecule has 0 radical (unpaired) electrons. The van der Waals surface area contributed by atoms with E-state index in [-0.39, 0.29) is 18.5 Å². The first-order valence-corrected chi connectivity index (χ1v) is 7.43. The third-order valence-electron chi connectivity index (χ3n) is 3.53. The maximum atomic E-state index is 13.8. The Morgan fingerprint density at radius 1 is 1.32 bits per heavy atom. The SMILES string of the molecule is C[C@H](CO)Nc1nc(Nc2ccccc2F)cc(C2CC2)n1. The molecule has 1 aromatic heterocycles. The molecule has 1 aliphatic rings. The zero-order valence-corrected chi connectivity index (χ0v) is 12.4.